The molecule has 25 heavy (non-hydrogen) atoms. The molecule has 0 aliphatic rings. The van der Waals surface area contributed by atoms with E-state index in [1.54, 1.807) is 27.7 Å². The van der Waals surface area contributed by atoms with Crippen LogP contribution in [0.15, 0.2) is 18.2 Å². The van der Waals surface area contributed by atoms with E-state index in [1.807, 2.05) is 0 Å². The highest BCUT2D eigenvalue weighted by Crippen LogP contribution is 2.33. The molecule has 1 rings (SSSR count). The Balaban J connectivity index is 3.21. The van der Waals surface area contributed by atoms with Gasteiger partial charge in [0.15, 0.2) is 0 Å². The van der Waals surface area contributed by atoms with Gasteiger partial charge in [-0.3, -0.25) is 4.79 Å². The largest absolute Gasteiger partial charge is 0.598 e. The maximum absolute atomic E-state index is 12.7. The minimum absolute atomic E-state index is 0.146. The number of hydrogen-bond donors (Lipinski definition) is 1. The molecule has 9 heteroatoms. The molecule has 0 saturated heterocycles. The highest BCUT2D eigenvalue weighted by molar-refractivity contribution is 7.90. The molecule has 0 bridgehead atoms. The number of carbonyl (C=O) groups excluding carboxylic acids is 1. The van der Waals surface area contributed by atoms with Crippen molar-refractivity contribution >= 4 is 28.9 Å². The average molecular weight is 398 g/mol. The van der Waals surface area contributed by atoms with Gasteiger partial charge in [-0.2, -0.15) is 8.78 Å². The van der Waals surface area contributed by atoms with Gasteiger partial charge in [-0.1, -0.05) is 11.6 Å². The third-order valence-electron chi connectivity index (χ3n) is 3.04. The van der Waals surface area contributed by atoms with Crippen molar-refractivity contribution in [3.05, 3.63) is 28.8 Å². The summed E-state index contributed by atoms with van der Waals surface area (Å²) in [5.41, 5.74) is 0.207. The molecule has 1 N–H and O–H groups in total. The summed E-state index contributed by atoms with van der Waals surface area (Å²) in [6, 6.07) is 3.21. The topological polar surface area (TPSA) is 70.6 Å². The molecule has 0 aliphatic heterocycles. The van der Waals surface area contributed by atoms with Crippen molar-refractivity contribution < 1.29 is 27.6 Å². The van der Waals surface area contributed by atoms with Crippen LogP contribution >= 0.6 is 11.6 Å². The number of ether oxygens (including phenoxy) is 2. The molecule has 1 aromatic rings. The molecule has 0 amide bonds. The van der Waals surface area contributed by atoms with Crippen molar-refractivity contribution in [1.29, 1.82) is 0 Å². The molecule has 0 saturated carbocycles. The van der Waals surface area contributed by atoms with Gasteiger partial charge in [-0.25, -0.2) is 0 Å². The highest BCUT2D eigenvalue weighted by atomic mass is 35.5. The molecule has 5 nitrogen and oxygen atoms in total. The highest BCUT2D eigenvalue weighted by Gasteiger charge is 2.32. The summed E-state index contributed by atoms with van der Waals surface area (Å²) in [6.07, 6.45) is -0.213. The zero-order valence-corrected chi connectivity index (χ0v) is 16.0. The van der Waals surface area contributed by atoms with Gasteiger partial charge in [-0.05, 0) is 45.9 Å². The average Bonchev–Trinajstić information content (AvgIpc) is 2.47. The van der Waals surface area contributed by atoms with Gasteiger partial charge in [0, 0.05) is 21.9 Å². The lowest BCUT2D eigenvalue weighted by molar-refractivity contribution is -0.143. The van der Waals surface area contributed by atoms with E-state index in [4.69, 9.17) is 16.3 Å². The first kappa shape index (κ1) is 22.0. The summed E-state index contributed by atoms with van der Waals surface area (Å²) >= 11 is 4.40. The van der Waals surface area contributed by atoms with Crippen LogP contribution in [0.25, 0.3) is 0 Å². The van der Waals surface area contributed by atoms with E-state index in [0.717, 1.165) is 0 Å². The van der Waals surface area contributed by atoms with E-state index in [1.165, 1.54) is 18.2 Å². The van der Waals surface area contributed by atoms with Crippen molar-refractivity contribution in [2.45, 2.75) is 51.5 Å². The maximum atomic E-state index is 12.7. The summed E-state index contributed by atoms with van der Waals surface area (Å²) in [6.45, 7) is 4.00. The Bertz CT molecular complexity index is 584. The molecule has 0 radical (unpaired) electrons. The summed E-state index contributed by atoms with van der Waals surface area (Å²) in [7, 11) is 0. The number of halogens is 3. The van der Waals surface area contributed by atoms with Crippen LogP contribution in [-0.2, 0) is 20.9 Å². The lowest BCUT2D eigenvalue weighted by Gasteiger charge is -2.28. The Morgan fingerprint density at radius 3 is 2.56 bits per heavy atom. The van der Waals surface area contributed by atoms with Gasteiger partial charge >= 0.3 is 12.6 Å². The van der Waals surface area contributed by atoms with Crippen LogP contribution in [0.5, 0.6) is 5.75 Å². The fraction of sp³-hybridized carbons (Fsp3) is 0.562. The second-order valence-corrected chi connectivity index (χ2v) is 8.56. The minimum Gasteiger partial charge on any atom is -0.598 e. The second-order valence-electron chi connectivity index (χ2n) is 6.12. The summed E-state index contributed by atoms with van der Waals surface area (Å²) in [4.78, 5) is 11.9. The van der Waals surface area contributed by atoms with Gasteiger partial charge in [0.1, 0.15) is 10.5 Å². The van der Waals surface area contributed by atoms with Gasteiger partial charge < -0.3 is 14.0 Å². The number of benzene rings is 1. The minimum atomic E-state index is -3.05. The van der Waals surface area contributed by atoms with Crippen LogP contribution < -0.4 is 9.46 Å². The van der Waals surface area contributed by atoms with E-state index < -0.39 is 34.7 Å². The fourth-order valence-corrected chi connectivity index (χ4v) is 2.91. The third kappa shape index (κ3) is 7.35. The normalized spacial score (nSPS) is 14.3. The summed E-state index contributed by atoms with van der Waals surface area (Å²) in [5, 5.41) is 0.272. The molecule has 0 spiro atoms. The lowest BCUT2D eigenvalue weighted by atomic mass is 10.0. The first-order chi connectivity index (χ1) is 11.5. The van der Waals surface area contributed by atoms with E-state index in [-0.39, 0.29) is 29.4 Å². The third-order valence-corrected chi connectivity index (χ3v) is 4.89. The lowest BCUT2D eigenvalue weighted by Crippen LogP contribution is -2.42. The van der Waals surface area contributed by atoms with Crippen LogP contribution in [0.3, 0.4) is 0 Å². The van der Waals surface area contributed by atoms with E-state index in [0.29, 0.717) is 0 Å². The second kappa shape index (κ2) is 9.56. The number of rotatable bonds is 8. The quantitative estimate of drug-likeness (QED) is 0.530. The van der Waals surface area contributed by atoms with Crippen LogP contribution in [0.2, 0.25) is 5.02 Å². The van der Waals surface area contributed by atoms with Crippen molar-refractivity contribution in [3.63, 3.8) is 0 Å². The molecule has 0 aromatic heterocycles. The molecular weight excluding hydrogens is 376 g/mol. The number of hydrogen-bond acceptors (Lipinski definition) is 5. The number of carbonyl (C=O) groups is 1. The first-order valence-electron chi connectivity index (χ1n) is 7.62. The van der Waals surface area contributed by atoms with Crippen molar-refractivity contribution in [3.8, 4) is 5.75 Å². The van der Waals surface area contributed by atoms with Crippen LogP contribution in [0.4, 0.5) is 8.78 Å². The summed E-state index contributed by atoms with van der Waals surface area (Å²) in [5.74, 6) is -0.707. The first-order valence-corrected chi connectivity index (χ1v) is 9.15. The van der Waals surface area contributed by atoms with Crippen LogP contribution in [0, 0.1) is 0 Å². The number of nitrogens with one attached hydrogen (secondary N) is 1. The van der Waals surface area contributed by atoms with E-state index >= 15 is 0 Å². The van der Waals surface area contributed by atoms with E-state index in [9.17, 15) is 18.1 Å². The molecule has 0 heterocycles. The Hall–Kier alpha value is -1.09. The van der Waals surface area contributed by atoms with Crippen LogP contribution in [-0.4, -0.2) is 28.5 Å². The molecule has 0 fully saturated rings. The van der Waals surface area contributed by atoms with Crippen LogP contribution in [0.1, 0.15) is 45.7 Å². The van der Waals surface area contributed by atoms with Crippen molar-refractivity contribution in [1.82, 2.24) is 4.72 Å². The monoisotopic (exact) mass is 397 g/mol. The number of esters is 1. The SMILES string of the molecule is CCOC(=O)C[C@@H](N[S+]([O-])C(C)(C)C)c1cc(Cl)ccc1OC(F)F. The zero-order chi connectivity index (χ0) is 19.2. The fourth-order valence-electron chi connectivity index (χ4n) is 1.90. The van der Waals surface area contributed by atoms with E-state index in [2.05, 4.69) is 9.46 Å². The summed E-state index contributed by atoms with van der Waals surface area (Å²) < 4.78 is 49.4. The van der Waals surface area contributed by atoms with Gasteiger partial charge in [0.25, 0.3) is 0 Å². The molecule has 142 valence electrons. The predicted molar refractivity (Wildman–Crippen MR) is 93.1 cm³/mol. The Kier molecular flexibility index (Phi) is 8.40. The van der Waals surface area contributed by atoms with Gasteiger partial charge in [0.2, 0.25) is 0 Å². The standard InChI is InChI=1S/C16H22ClF2NO4S/c1-5-23-14(21)9-12(20-25(22)16(2,3)4)11-8-10(17)6-7-13(11)24-15(18)19/h6-8,12,15,20H,5,9H2,1-4H3/t12-,25?/m1/s1. The molecule has 2 atom stereocenters. The maximum Gasteiger partial charge on any atom is 0.387 e. The zero-order valence-electron chi connectivity index (χ0n) is 14.5. The predicted octanol–water partition coefficient (Wildman–Crippen LogP) is 3.99. The number of alkyl halides is 2. The molecule has 1 unspecified atom stereocenters. The molecule has 1 aromatic carbocycles. The van der Waals surface area contributed by atoms with Crippen molar-refractivity contribution in [2.24, 2.45) is 0 Å². The Morgan fingerprint density at radius 1 is 1.40 bits per heavy atom. The molecular formula is C16H22ClF2NO4S. The molecule has 0 aliphatic carbocycles. The Labute approximate surface area is 154 Å². The van der Waals surface area contributed by atoms with Gasteiger partial charge in [-0.15, -0.1) is 4.72 Å². The van der Waals surface area contributed by atoms with Gasteiger partial charge in [0.05, 0.1) is 19.1 Å². The Morgan fingerprint density at radius 2 is 2.04 bits per heavy atom. The smallest absolute Gasteiger partial charge is 0.387 e. The van der Waals surface area contributed by atoms with Crippen molar-refractivity contribution in [2.75, 3.05) is 6.61 Å².